The number of aliphatic carboxylic acids is 1. The van der Waals surface area contributed by atoms with E-state index in [-0.39, 0.29) is 37.0 Å². The molecule has 0 spiro atoms. The molecule has 4 atom stereocenters. The summed E-state index contributed by atoms with van der Waals surface area (Å²) in [6.45, 7) is 3.68. The molecule has 13 nitrogen and oxygen atoms in total. The van der Waals surface area contributed by atoms with Crippen LogP contribution in [-0.4, -0.2) is 76.2 Å². The highest BCUT2D eigenvalue weighted by Crippen LogP contribution is 2.19. The highest BCUT2D eigenvalue weighted by Gasteiger charge is 2.31. The number of guanidine groups is 1. The van der Waals surface area contributed by atoms with Crippen LogP contribution in [0, 0.1) is 5.92 Å². The van der Waals surface area contributed by atoms with Crippen molar-refractivity contribution < 1.29 is 24.3 Å². The van der Waals surface area contributed by atoms with E-state index in [0.29, 0.717) is 6.42 Å². The first-order valence-corrected chi connectivity index (χ1v) is 13.2. The largest absolute Gasteiger partial charge is 0.480 e. The Bertz CT molecular complexity index is 1180. The number of hydrogen-bond acceptors (Lipinski definition) is 7. The van der Waals surface area contributed by atoms with Gasteiger partial charge in [0.25, 0.3) is 0 Å². The molecule has 0 aliphatic rings. The number of fused-ring (bicyclic) bond motifs is 1. The maximum absolute atomic E-state index is 13.1. The molecule has 1 heterocycles. The number of amides is 3. The lowest BCUT2D eigenvalue weighted by molar-refractivity contribution is -0.142. The first-order valence-electron chi connectivity index (χ1n) is 12.5. The number of carboxylic acid groups (broad SMARTS) is 1. The quantitative estimate of drug-likeness (QED) is 0.0577. The second-order valence-corrected chi connectivity index (χ2v) is 9.86. The number of H-pyrrole nitrogens is 1. The lowest BCUT2D eigenvalue weighted by atomic mass is 10.0. The Morgan fingerprint density at radius 1 is 1.03 bits per heavy atom. The average Bonchev–Trinajstić information content (AvgIpc) is 3.29. The van der Waals surface area contributed by atoms with Gasteiger partial charge in [0.2, 0.25) is 17.7 Å². The third-order valence-corrected chi connectivity index (χ3v) is 6.44. The number of carbonyl (C=O) groups excluding carboxylic acids is 3. The molecule has 14 heteroatoms. The molecule has 2 aromatic rings. The second-order valence-electron chi connectivity index (χ2n) is 9.49. The number of benzene rings is 1. The summed E-state index contributed by atoms with van der Waals surface area (Å²) in [6, 6.07) is 3.38. The van der Waals surface area contributed by atoms with Crippen molar-refractivity contribution in [1.82, 2.24) is 20.9 Å². The monoisotopic (exact) mass is 562 g/mol. The third kappa shape index (κ3) is 9.48. The summed E-state index contributed by atoms with van der Waals surface area (Å²) in [4.78, 5) is 57.2. The van der Waals surface area contributed by atoms with E-state index in [2.05, 4.69) is 38.6 Å². The molecule has 0 aliphatic heterocycles. The van der Waals surface area contributed by atoms with Crippen molar-refractivity contribution in [2.24, 2.45) is 28.1 Å². The Kier molecular flexibility index (Phi) is 12.1. The van der Waals surface area contributed by atoms with Crippen LogP contribution in [0.25, 0.3) is 10.9 Å². The van der Waals surface area contributed by atoms with Crippen LogP contribution in [0.5, 0.6) is 0 Å². The number of carbonyl (C=O) groups is 4. The van der Waals surface area contributed by atoms with E-state index in [1.54, 1.807) is 20.0 Å². The SMILES string of the molecule is CC(C)C(NC(=O)C(N)Cc1c[nH]c2ccccc12)C(=O)NC(CS)C(=O)NC(CCCN=C(N)N)C(=O)O. The number of thiol groups is 1. The summed E-state index contributed by atoms with van der Waals surface area (Å²) in [6.07, 6.45) is 2.44. The number of rotatable bonds is 15. The van der Waals surface area contributed by atoms with E-state index in [9.17, 15) is 24.3 Å². The van der Waals surface area contributed by atoms with Crippen molar-refractivity contribution in [3.63, 3.8) is 0 Å². The van der Waals surface area contributed by atoms with Crippen molar-refractivity contribution in [3.05, 3.63) is 36.0 Å². The molecule has 4 unspecified atom stereocenters. The van der Waals surface area contributed by atoms with E-state index in [0.717, 1.165) is 16.5 Å². The molecule has 0 saturated carbocycles. The molecule has 39 heavy (non-hydrogen) atoms. The third-order valence-electron chi connectivity index (χ3n) is 6.07. The Morgan fingerprint density at radius 2 is 1.69 bits per heavy atom. The number of aromatic nitrogens is 1. The molecule has 214 valence electrons. The minimum atomic E-state index is -1.24. The number of carboxylic acids is 1. The van der Waals surface area contributed by atoms with E-state index < -0.39 is 47.9 Å². The molecule has 0 aliphatic carbocycles. The topological polar surface area (TPSA) is 231 Å². The maximum Gasteiger partial charge on any atom is 0.326 e. The van der Waals surface area contributed by atoms with E-state index >= 15 is 0 Å². The summed E-state index contributed by atoms with van der Waals surface area (Å²) in [7, 11) is 0. The van der Waals surface area contributed by atoms with Crippen molar-refractivity contribution in [1.29, 1.82) is 0 Å². The van der Waals surface area contributed by atoms with Gasteiger partial charge < -0.3 is 43.2 Å². The molecule has 1 aromatic heterocycles. The molecule has 11 N–H and O–H groups in total. The van der Waals surface area contributed by atoms with Crippen LogP contribution in [0.3, 0.4) is 0 Å². The van der Waals surface area contributed by atoms with Crippen molar-refractivity contribution in [2.75, 3.05) is 12.3 Å². The molecular formula is C25H38N8O5S. The molecule has 0 saturated heterocycles. The number of nitrogens with zero attached hydrogens (tertiary/aromatic N) is 1. The minimum absolute atomic E-state index is 0.0735. The Hall–Kier alpha value is -3.78. The maximum atomic E-state index is 13.1. The molecule has 1 aromatic carbocycles. The van der Waals surface area contributed by atoms with Gasteiger partial charge in [0.05, 0.1) is 6.04 Å². The summed E-state index contributed by atoms with van der Waals surface area (Å²) in [5.41, 5.74) is 18.5. The summed E-state index contributed by atoms with van der Waals surface area (Å²) < 4.78 is 0. The van der Waals surface area contributed by atoms with Crippen LogP contribution in [0.1, 0.15) is 32.3 Å². The van der Waals surface area contributed by atoms with Crippen LogP contribution >= 0.6 is 12.6 Å². The zero-order valence-corrected chi connectivity index (χ0v) is 22.9. The second kappa shape index (κ2) is 15.0. The fourth-order valence-corrected chi connectivity index (χ4v) is 4.17. The summed E-state index contributed by atoms with van der Waals surface area (Å²) >= 11 is 4.13. The first-order chi connectivity index (χ1) is 18.4. The predicted octanol–water partition coefficient (Wildman–Crippen LogP) is -0.784. The fraction of sp³-hybridized carbons (Fsp3) is 0.480. The van der Waals surface area contributed by atoms with Gasteiger partial charge in [-0.15, -0.1) is 0 Å². The van der Waals surface area contributed by atoms with Gasteiger partial charge >= 0.3 is 5.97 Å². The van der Waals surface area contributed by atoms with E-state index in [1.165, 1.54) is 0 Å². The zero-order valence-electron chi connectivity index (χ0n) is 22.0. The van der Waals surface area contributed by atoms with Crippen LogP contribution in [0.4, 0.5) is 0 Å². The van der Waals surface area contributed by atoms with Gasteiger partial charge in [0.15, 0.2) is 5.96 Å². The Labute approximate surface area is 232 Å². The van der Waals surface area contributed by atoms with Gasteiger partial charge in [-0.1, -0.05) is 32.0 Å². The Morgan fingerprint density at radius 3 is 2.31 bits per heavy atom. The number of aliphatic imine (C=N–C) groups is 1. The summed E-state index contributed by atoms with van der Waals surface area (Å²) in [5, 5.41) is 18.1. The number of para-hydroxylation sites is 1. The van der Waals surface area contributed by atoms with E-state index in [4.69, 9.17) is 17.2 Å². The van der Waals surface area contributed by atoms with Gasteiger partial charge in [-0.05, 0) is 36.8 Å². The number of hydrogen-bond donors (Lipinski definition) is 9. The van der Waals surface area contributed by atoms with Crippen molar-refractivity contribution in [3.8, 4) is 0 Å². The van der Waals surface area contributed by atoms with Gasteiger partial charge in [-0.25, -0.2) is 4.79 Å². The number of nitrogens with two attached hydrogens (primary N) is 3. The van der Waals surface area contributed by atoms with Crippen LogP contribution in [0.15, 0.2) is 35.5 Å². The minimum Gasteiger partial charge on any atom is -0.480 e. The average molecular weight is 563 g/mol. The van der Waals surface area contributed by atoms with E-state index in [1.807, 2.05) is 24.3 Å². The standard InChI is InChI=1S/C25H38N8O5S/c1-13(2)20(33-21(34)16(26)10-14-11-30-17-7-4-3-6-15(14)17)23(36)32-19(12-39)22(35)31-18(24(37)38)8-5-9-29-25(27)28/h3-4,6-7,11,13,16,18-20,30,39H,5,8-10,12,26H2,1-2H3,(H,31,35)(H,32,36)(H,33,34)(H,37,38)(H4,27,28,29). The fourth-order valence-electron chi connectivity index (χ4n) is 3.91. The molecule has 3 amide bonds. The highest BCUT2D eigenvalue weighted by atomic mass is 32.1. The van der Waals surface area contributed by atoms with Crippen molar-refractivity contribution in [2.45, 2.75) is 57.3 Å². The number of nitrogens with one attached hydrogen (secondary N) is 4. The summed E-state index contributed by atoms with van der Waals surface area (Å²) in [5.74, 6) is -3.66. The van der Waals surface area contributed by atoms with Crippen LogP contribution < -0.4 is 33.2 Å². The zero-order chi connectivity index (χ0) is 29.1. The first kappa shape index (κ1) is 31.4. The predicted molar refractivity (Wildman–Crippen MR) is 152 cm³/mol. The molecule has 0 fully saturated rings. The van der Waals surface area contributed by atoms with Gasteiger partial charge in [-0.3, -0.25) is 19.4 Å². The van der Waals surface area contributed by atoms with Gasteiger partial charge in [0.1, 0.15) is 18.1 Å². The lowest BCUT2D eigenvalue weighted by Gasteiger charge is -2.26. The molecule has 0 bridgehead atoms. The number of aromatic amines is 1. The highest BCUT2D eigenvalue weighted by molar-refractivity contribution is 7.80. The Balaban J connectivity index is 1.99. The van der Waals surface area contributed by atoms with Gasteiger partial charge in [-0.2, -0.15) is 12.6 Å². The lowest BCUT2D eigenvalue weighted by Crippen LogP contribution is -2.59. The van der Waals surface area contributed by atoms with Crippen molar-refractivity contribution >= 4 is 53.2 Å². The van der Waals surface area contributed by atoms with Crippen LogP contribution in [0.2, 0.25) is 0 Å². The smallest absolute Gasteiger partial charge is 0.326 e. The molecule has 0 radical (unpaired) electrons. The van der Waals surface area contributed by atoms with Crippen LogP contribution in [-0.2, 0) is 25.6 Å². The normalized spacial score (nSPS) is 14.2. The van der Waals surface area contributed by atoms with Gasteiger partial charge in [0, 0.05) is 29.4 Å². The molecule has 2 rings (SSSR count). The molecular weight excluding hydrogens is 524 g/mol.